The minimum Gasteiger partial charge on any atom is -0.399 e. The average molecular weight is 175 g/mol. The summed E-state index contributed by atoms with van der Waals surface area (Å²) in [6, 6.07) is 8.25. The Bertz CT molecular complexity index is 276. The lowest BCUT2D eigenvalue weighted by Crippen LogP contribution is -1.89. The van der Waals surface area contributed by atoms with E-state index in [4.69, 9.17) is 5.73 Å². The Labute approximate surface area is 80.0 Å². The number of aryl methyl sites for hydroxylation is 1. The summed E-state index contributed by atoms with van der Waals surface area (Å²) in [5, 5.41) is 0. The zero-order valence-electron chi connectivity index (χ0n) is 8.00. The normalized spacial score (nSPS) is 16.0. The fourth-order valence-corrected chi connectivity index (χ4v) is 1.75. The number of nitrogen functional groups attached to an aromatic ring is 1. The minimum atomic E-state index is 0.893. The number of hydrogen-bond acceptors (Lipinski definition) is 1. The zero-order valence-corrected chi connectivity index (χ0v) is 8.00. The van der Waals surface area contributed by atoms with Crippen LogP contribution in [0.2, 0.25) is 0 Å². The Balaban J connectivity index is 1.79. The summed E-state index contributed by atoms with van der Waals surface area (Å²) in [4.78, 5) is 0. The number of benzene rings is 1. The van der Waals surface area contributed by atoms with E-state index in [0.29, 0.717) is 0 Å². The lowest BCUT2D eigenvalue weighted by molar-refractivity contribution is 0.666. The highest BCUT2D eigenvalue weighted by Crippen LogP contribution is 2.33. The van der Waals surface area contributed by atoms with Gasteiger partial charge in [0.1, 0.15) is 0 Å². The van der Waals surface area contributed by atoms with Crippen LogP contribution >= 0.6 is 0 Å². The number of hydrogen-bond donors (Lipinski definition) is 1. The third kappa shape index (κ3) is 2.76. The van der Waals surface area contributed by atoms with Crippen molar-refractivity contribution in [1.82, 2.24) is 0 Å². The van der Waals surface area contributed by atoms with Gasteiger partial charge in [-0.15, -0.1) is 0 Å². The molecule has 1 nitrogen and oxygen atoms in total. The molecule has 1 aliphatic rings. The van der Waals surface area contributed by atoms with Gasteiger partial charge in [0.25, 0.3) is 0 Å². The standard InChI is InChI=1S/C12H17N/c13-12-6-2-5-11(9-12)4-1-3-10-7-8-10/h2,5-6,9-10H,1,3-4,7-8,13H2. The van der Waals surface area contributed by atoms with E-state index in [0.717, 1.165) is 11.6 Å². The Morgan fingerprint density at radius 1 is 1.31 bits per heavy atom. The highest BCUT2D eigenvalue weighted by molar-refractivity contribution is 5.40. The van der Waals surface area contributed by atoms with Crippen LogP contribution in [0.15, 0.2) is 24.3 Å². The van der Waals surface area contributed by atoms with Crippen molar-refractivity contribution in [2.75, 3.05) is 5.73 Å². The van der Waals surface area contributed by atoms with Crippen molar-refractivity contribution in [2.24, 2.45) is 5.92 Å². The van der Waals surface area contributed by atoms with E-state index in [1.54, 1.807) is 0 Å². The van der Waals surface area contributed by atoms with Crippen LogP contribution in [0, 0.1) is 5.92 Å². The summed E-state index contributed by atoms with van der Waals surface area (Å²) in [6.45, 7) is 0. The maximum absolute atomic E-state index is 5.70. The van der Waals surface area contributed by atoms with Crippen molar-refractivity contribution in [3.05, 3.63) is 29.8 Å². The van der Waals surface area contributed by atoms with Crippen LogP contribution in [0.4, 0.5) is 5.69 Å². The predicted octanol–water partition coefficient (Wildman–Crippen LogP) is 3.00. The van der Waals surface area contributed by atoms with E-state index in [2.05, 4.69) is 12.1 Å². The van der Waals surface area contributed by atoms with Gasteiger partial charge in [-0.25, -0.2) is 0 Å². The van der Waals surface area contributed by atoms with Gasteiger partial charge < -0.3 is 5.73 Å². The molecule has 0 saturated heterocycles. The summed E-state index contributed by atoms with van der Waals surface area (Å²) < 4.78 is 0. The second kappa shape index (κ2) is 3.82. The lowest BCUT2D eigenvalue weighted by Gasteiger charge is -2.01. The Hall–Kier alpha value is -0.980. The molecule has 1 aromatic rings. The van der Waals surface area contributed by atoms with Gasteiger partial charge in [0.2, 0.25) is 0 Å². The maximum Gasteiger partial charge on any atom is 0.0316 e. The molecular formula is C12H17N. The molecular weight excluding hydrogens is 158 g/mol. The van der Waals surface area contributed by atoms with Gasteiger partial charge in [-0.05, 0) is 36.5 Å². The average Bonchev–Trinajstić information content (AvgIpc) is 2.88. The molecule has 0 unspecified atom stereocenters. The highest BCUT2D eigenvalue weighted by Gasteiger charge is 2.19. The minimum absolute atomic E-state index is 0.893. The van der Waals surface area contributed by atoms with Crippen LogP contribution in [-0.2, 0) is 6.42 Å². The first-order chi connectivity index (χ1) is 6.34. The monoisotopic (exact) mass is 175 g/mol. The van der Waals surface area contributed by atoms with Gasteiger partial charge in [-0.1, -0.05) is 31.4 Å². The fraction of sp³-hybridized carbons (Fsp3) is 0.500. The largest absolute Gasteiger partial charge is 0.399 e. The molecule has 0 radical (unpaired) electrons. The van der Waals surface area contributed by atoms with Gasteiger partial charge in [0, 0.05) is 5.69 Å². The topological polar surface area (TPSA) is 26.0 Å². The maximum atomic E-state index is 5.70. The Morgan fingerprint density at radius 2 is 2.15 bits per heavy atom. The first-order valence-corrected chi connectivity index (χ1v) is 5.19. The molecule has 2 N–H and O–H groups in total. The van der Waals surface area contributed by atoms with Gasteiger partial charge in [-0.2, -0.15) is 0 Å². The third-order valence-corrected chi connectivity index (χ3v) is 2.73. The summed E-state index contributed by atoms with van der Waals surface area (Å²) in [5.74, 6) is 1.06. The van der Waals surface area contributed by atoms with E-state index >= 15 is 0 Å². The molecule has 0 aliphatic heterocycles. The molecule has 1 saturated carbocycles. The van der Waals surface area contributed by atoms with Crippen LogP contribution in [0.3, 0.4) is 0 Å². The fourth-order valence-electron chi connectivity index (χ4n) is 1.75. The lowest BCUT2D eigenvalue weighted by atomic mass is 10.1. The first-order valence-electron chi connectivity index (χ1n) is 5.19. The summed E-state index contributed by atoms with van der Waals surface area (Å²) in [6.07, 6.45) is 6.87. The Morgan fingerprint density at radius 3 is 2.85 bits per heavy atom. The van der Waals surface area contributed by atoms with Crippen LogP contribution in [-0.4, -0.2) is 0 Å². The van der Waals surface area contributed by atoms with E-state index in [1.165, 1.54) is 37.7 Å². The van der Waals surface area contributed by atoms with Gasteiger partial charge in [-0.3, -0.25) is 0 Å². The van der Waals surface area contributed by atoms with Crippen molar-refractivity contribution in [2.45, 2.75) is 32.1 Å². The molecule has 13 heavy (non-hydrogen) atoms. The summed E-state index contributed by atoms with van der Waals surface area (Å²) >= 11 is 0. The number of anilines is 1. The smallest absolute Gasteiger partial charge is 0.0316 e. The van der Waals surface area contributed by atoms with E-state index in [-0.39, 0.29) is 0 Å². The molecule has 1 aliphatic carbocycles. The molecule has 0 heterocycles. The molecule has 0 bridgehead atoms. The predicted molar refractivity (Wildman–Crippen MR) is 56.5 cm³/mol. The van der Waals surface area contributed by atoms with E-state index in [1.807, 2.05) is 12.1 Å². The number of rotatable bonds is 4. The molecule has 0 amide bonds. The van der Waals surface area contributed by atoms with Crippen LogP contribution in [0.25, 0.3) is 0 Å². The van der Waals surface area contributed by atoms with E-state index < -0.39 is 0 Å². The van der Waals surface area contributed by atoms with Crippen molar-refractivity contribution in [1.29, 1.82) is 0 Å². The van der Waals surface area contributed by atoms with Crippen LogP contribution in [0.5, 0.6) is 0 Å². The third-order valence-electron chi connectivity index (χ3n) is 2.73. The van der Waals surface area contributed by atoms with Crippen LogP contribution < -0.4 is 5.73 Å². The zero-order chi connectivity index (χ0) is 9.10. The van der Waals surface area contributed by atoms with Crippen molar-refractivity contribution in [3.8, 4) is 0 Å². The Kier molecular flexibility index (Phi) is 2.53. The molecule has 1 fully saturated rings. The molecule has 1 heteroatoms. The second-order valence-electron chi connectivity index (χ2n) is 4.08. The molecule has 70 valence electrons. The first kappa shape index (κ1) is 8.61. The molecule has 0 aromatic heterocycles. The molecule has 0 atom stereocenters. The SMILES string of the molecule is Nc1cccc(CCCC2CC2)c1. The van der Waals surface area contributed by atoms with Crippen molar-refractivity contribution >= 4 is 5.69 Å². The van der Waals surface area contributed by atoms with Crippen molar-refractivity contribution < 1.29 is 0 Å². The van der Waals surface area contributed by atoms with Gasteiger partial charge >= 0.3 is 0 Å². The number of nitrogens with two attached hydrogens (primary N) is 1. The molecule has 2 rings (SSSR count). The van der Waals surface area contributed by atoms with Crippen molar-refractivity contribution in [3.63, 3.8) is 0 Å². The van der Waals surface area contributed by atoms with Crippen LogP contribution in [0.1, 0.15) is 31.2 Å². The van der Waals surface area contributed by atoms with Gasteiger partial charge in [0.15, 0.2) is 0 Å². The highest BCUT2D eigenvalue weighted by atomic mass is 14.5. The molecule has 0 spiro atoms. The van der Waals surface area contributed by atoms with Gasteiger partial charge in [0.05, 0.1) is 0 Å². The quantitative estimate of drug-likeness (QED) is 0.699. The summed E-state index contributed by atoms with van der Waals surface area (Å²) in [5.41, 5.74) is 7.98. The second-order valence-corrected chi connectivity index (χ2v) is 4.08. The van der Waals surface area contributed by atoms with E-state index in [9.17, 15) is 0 Å². The summed E-state index contributed by atoms with van der Waals surface area (Å²) in [7, 11) is 0. The molecule has 1 aromatic carbocycles.